The molecule has 0 bridgehead atoms. The predicted octanol–water partition coefficient (Wildman–Crippen LogP) is 2.00. The molecule has 6 heteroatoms. The van der Waals surface area contributed by atoms with Crippen molar-refractivity contribution in [2.75, 3.05) is 25.0 Å². The van der Waals surface area contributed by atoms with Gasteiger partial charge in [-0.1, -0.05) is 11.6 Å². The molecule has 5 nitrogen and oxygen atoms in total. The lowest BCUT2D eigenvalue weighted by Gasteiger charge is -2.15. The fraction of sp³-hybridized carbons (Fsp3) is 0.429. The number of carbonyl (C=O) groups excluding carboxylic acids is 1. The summed E-state index contributed by atoms with van der Waals surface area (Å²) in [4.78, 5) is 16.0. The number of hydrogen-bond donors (Lipinski definition) is 3. The van der Waals surface area contributed by atoms with Crippen molar-refractivity contribution in [2.45, 2.75) is 19.3 Å². The molecule has 0 aliphatic carbocycles. The van der Waals surface area contributed by atoms with Crippen molar-refractivity contribution in [3.05, 3.63) is 29.3 Å². The number of nitrogens with zero attached hydrogens (tertiary/aromatic N) is 1. The Hall–Kier alpha value is -1.75. The Balaban J connectivity index is 1.62. The van der Waals surface area contributed by atoms with Crippen molar-refractivity contribution in [1.82, 2.24) is 10.6 Å². The van der Waals surface area contributed by atoms with Crippen LogP contribution in [-0.2, 0) is 4.79 Å². The third-order valence-corrected chi connectivity index (χ3v) is 3.15. The molecule has 0 saturated carbocycles. The monoisotopic (exact) mass is 294 g/mol. The van der Waals surface area contributed by atoms with Crippen LogP contribution < -0.4 is 16.0 Å². The minimum absolute atomic E-state index is 0.00710. The summed E-state index contributed by atoms with van der Waals surface area (Å²) < 4.78 is 0. The third kappa shape index (κ3) is 5.09. The first-order valence-electron chi connectivity index (χ1n) is 6.81. The van der Waals surface area contributed by atoms with E-state index in [4.69, 9.17) is 11.6 Å². The molecule has 0 spiro atoms. The Morgan fingerprint density at radius 3 is 2.85 bits per heavy atom. The molecule has 2 rings (SSSR count). The molecule has 0 atom stereocenters. The normalized spacial score (nSPS) is 14.2. The fourth-order valence-electron chi connectivity index (χ4n) is 1.86. The minimum Gasteiger partial charge on any atom is -0.356 e. The summed E-state index contributed by atoms with van der Waals surface area (Å²) in [6.45, 7) is 2.56. The van der Waals surface area contributed by atoms with E-state index in [9.17, 15) is 4.79 Å². The van der Waals surface area contributed by atoms with E-state index in [0.717, 1.165) is 44.1 Å². The summed E-state index contributed by atoms with van der Waals surface area (Å²) in [5, 5.41) is 9.86. The van der Waals surface area contributed by atoms with Crippen molar-refractivity contribution < 1.29 is 4.79 Å². The molecule has 0 unspecified atom stereocenters. The van der Waals surface area contributed by atoms with Crippen LogP contribution in [0.15, 0.2) is 29.3 Å². The largest absolute Gasteiger partial charge is 0.356 e. The van der Waals surface area contributed by atoms with Crippen LogP contribution in [0.4, 0.5) is 5.69 Å². The van der Waals surface area contributed by atoms with Gasteiger partial charge in [-0.3, -0.25) is 9.79 Å². The molecule has 0 radical (unpaired) electrons. The Kier molecular flexibility index (Phi) is 5.68. The average molecular weight is 295 g/mol. The zero-order valence-electron chi connectivity index (χ0n) is 11.3. The third-order valence-electron chi connectivity index (χ3n) is 2.90. The summed E-state index contributed by atoms with van der Waals surface area (Å²) in [5.74, 6) is 0.849. The molecule has 1 aromatic rings. The number of aliphatic imine (C=N–C) groups is 1. The number of benzene rings is 1. The molecule has 1 aromatic carbocycles. The van der Waals surface area contributed by atoms with E-state index in [1.807, 2.05) is 0 Å². The van der Waals surface area contributed by atoms with Crippen LogP contribution in [0.1, 0.15) is 19.3 Å². The maximum Gasteiger partial charge on any atom is 0.224 e. The summed E-state index contributed by atoms with van der Waals surface area (Å²) in [7, 11) is 0. The second-order valence-corrected chi connectivity index (χ2v) is 5.03. The molecule has 108 valence electrons. The van der Waals surface area contributed by atoms with Gasteiger partial charge in [-0.15, -0.1) is 0 Å². The standard InChI is InChI=1S/C14H19ClN4O/c15-11-4-6-12(7-5-11)19-13(20)3-1-8-16-14-17-9-2-10-18-14/h4-7H,1-3,8-10H2,(H,19,20)(H2,16,17,18). The van der Waals surface area contributed by atoms with Crippen LogP contribution in [0, 0.1) is 0 Å². The van der Waals surface area contributed by atoms with Crippen molar-refractivity contribution in [3.63, 3.8) is 0 Å². The maximum atomic E-state index is 11.7. The molecule has 0 fully saturated rings. The van der Waals surface area contributed by atoms with Gasteiger partial charge in [0.1, 0.15) is 0 Å². The minimum atomic E-state index is 0.00710. The zero-order valence-corrected chi connectivity index (χ0v) is 12.0. The molecule has 1 amide bonds. The second kappa shape index (κ2) is 7.75. The van der Waals surface area contributed by atoms with E-state index >= 15 is 0 Å². The van der Waals surface area contributed by atoms with Gasteiger partial charge < -0.3 is 16.0 Å². The lowest BCUT2D eigenvalue weighted by molar-refractivity contribution is -0.116. The topological polar surface area (TPSA) is 65.5 Å². The summed E-state index contributed by atoms with van der Waals surface area (Å²) in [6.07, 6.45) is 2.32. The van der Waals surface area contributed by atoms with Crippen LogP contribution >= 0.6 is 11.6 Å². The molecule has 1 aliphatic heterocycles. The lowest BCUT2D eigenvalue weighted by Crippen LogP contribution is -2.41. The Labute approximate surface area is 123 Å². The number of rotatable bonds is 5. The number of amides is 1. The number of carbonyl (C=O) groups is 1. The van der Waals surface area contributed by atoms with Gasteiger partial charge in [0.15, 0.2) is 5.96 Å². The second-order valence-electron chi connectivity index (χ2n) is 4.60. The van der Waals surface area contributed by atoms with Gasteiger partial charge in [0, 0.05) is 36.8 Å². The van der Waals surface area contributed by atoms with Gasteiger partial charge in [0.25, 0.3) is 0 Å². The summed E-state index contributed by atoms with van der Waals surface area (Å²) in [6, 6.07) is 7.09. The quantitative estimate of drug-likeness (QED) is 0.728. The molecule has 1 heterocycles. The van der Waals surface area contributed by atoms with Gasteiger partial charge >= 0.3 is 0 Å². The highest BCUT2D eigenvalue weighted by atomic mass is 35.5. The van der Waals surface area contributed by atoms with Crippen molar-refractivity contribution in [2.24, 2.45) is 4.99 Å². The molecule has 20 heavy (non-hydrogen) atoms. The number of guanidine groups is 1. The number of nitrogens with one attached hydrogen (secondary N) is 3. The number of hydrogen-bond acceptors (Lipinski definition) is 4. The number of halogens is 1. The van der Waals surface area contributed by atoms with E-state index in [1.165, 1.54) is 0 Å². The fourth-order valence-corrected chi connectivity index (χ4v) is 1.99. The highest BCUT2D eigenvalue weighted by Crippen LogP contribution is 2.13. The molecule has 0 aromatic heterocycles. The first-order chi connectivity index (χ1) is 9.74. The summed E-state index contributed by atoms with van der Waals surface area (Å²) in [5.41, 5.74) is 0.769. The highest BCUT2D eigenvalue weighted by molar-refractivity contribution is 6.30. The van der Waals surface area contributed by atoms with Crippen LogP contribution in [0.25, 0.3) is 0 Å². The van der Waals surface area contributed by atoms with Crippen molar-refractivity contribution in [1.29, 1.82) is 0 Å². The zero-order chi connectivity index (χ0) is 14.2. The first kappa shape index (κ1) is 14.7. The van der Waals surface area contributed by atoms with E-state index in [2.05, 4.69) is 20.9 Å². The summed E-state index contributed by atoms with van der Waals surface area (Å²) >= 11 is 5.79. The number of anilines is 1. The Morgan fingerprint density at radius 2 is 2.15 bits per heavy atom. The maximum absolute atomic E-state index is 11.7. The van der Waals surface area contributed by atoms with Crippen LogP contribution in [-0.4, -0.2) is 31.5 Å². The van der Waals surface area contributed by atoms with Gasteiger partial charge in [0.05, 0.1) is 0 Å². The van der Waals surface area contributed by atoms with Gasteiger partial charge in [-0.05, 0) is 37.1 Å². The van der Waals surface area contributed by atoms with E-state index in [0.29, 0.717) is 11.4 Å². The van der Waals surface area contributed by atoms with E-state index < -0.39 is 0 Å². The van der Waals surface area contributed by atoms with Crippen molar-refractivity contribution >= 4 is 29.2 Å². The average Bonchev–Trinajstić information content (AvgIpc) is 2.47. The van der Waals surface area contributed by atoms with Crippen molar-refractivity contribution in [3.8, 4) is 0 Å². The molecule has 3 N–H and O–H groups in total. The highest BCUT2D eigenvalue weighted by Gasteiger charge is 2.04. The van der Waals surface area contributed by atoms with E-state index in [-0.39, 0.29) is 5.91 Å². The Bertz CT molecular complexity index is 473. The van der Waals surface area contributed by atoms with Gasteiger partial charge in [0.2, 0.25) is 5.91 Å². The first-order valence-corrected chi connectivity index (χ1v) is 7.19. The van der Waals surface area contributed by atoms with Crippen LogP contribution in [0.2, 0.25) is 5.02 Å². The molecular weight excluding hydrogens is 276 g/mol. The van der Waals surface area contributed by atoms with Gasteiger partial charge in [-0.2, -0.15) is 0 Å². The SMILES string of the molecule is O=C(CCCNC1=NCCCN1)Nc1ccc(Cl)cc1. The molecular formula is C14H19ClN4O. The lowest BCUT2D eigenvalue weighted by atomic mass is 10.2. The van der Waals surface area contributed by atoms with Gasteiger partial charge in [-0.25, -0.2) is 0 Å². The van der Waals surface area contributed by atoms with Crippen LogP contribution in [0.3, 0.4) is 0 Å². The smallest absolute Gasteiger partial charge is 0.224 e. The van der Waals surface area contributed by atoms with E-state index in [1.54, 1.807) is 24.3 Å². The molecule has 1 aliphatic rings. The molecule has 0 saturated heterocycles. The Morgan fingerprint density at radius 1 is 1.35 bits per heavy atom. The van der Waals surface area contributed by atoms with Crippen LogP contribution in [0.5, 0.6) is 0 Å². The predicted molar refractivity (Wildman–Crippen MR) is 82.2 cm³/mol.